The average molecular weight is 628 g/mol. The predicted molar refractivity (Wildman–Crippen MR) is 164 cm³/mol. The lowest BCUT2D eigenvalue weighted by Gasteiger charge is -2.35. The fraction of sp³-hybridized carbons (Fsp3) is 0.357. The molecule has 0 spiro atoms. The van der Waals surface area contributed by atoms with Crippen molar-refractivity contribution in [3.63, 3.8) is 0 Å². The smallest absolute Gasteiger partial charge is 0.410 e. The van der Waals surface area contributed by atoms with E-state index in [1.54, 1.807) is 22.7 Å². The molecule has 0 aliphatic carbocycles. The van der Waals surface area contributed by atoms with Gasteiger partial charge in [0, 0.05) is 43.4 Å². The molecule has 1 aromatic heterocycles. The normalized spacial score (nSPS) is 13.7. The second kappa shape index (κ2) is 13.8. The summed E-state index contributed by atoms with van der Waals surface area (Å²) >= 11 is 1.63. The van der Waals surface area contributed by atoms with Crippen LogP contribution in [0.5, 0.6) is 0 Å². The van der Waals surface area contributed by atoms with E-state index in [4.69, 9.17) is 4.74 Å². The molecule has 1 aliphatic rings. The Morgan fingerprint density at radius 3 is 2.35 bits per heavy atom. The number of carbonyl (C=O) groups excluding carboxylic acids is 2. The molecule has 4 rings (SSSR count). The van der Waals surface area contributed by atoms with Crippen molar-refractivity contribution in [2.75, 3.05) is 48.7 Å². The Balaban J connectivity index is 1.31. The van der Waals surface area contributed by atoms with Crippen molar-refractivity contribution in [2.45, 2.75) is 36.2 Å². The highest BCUT2D eigenvalue weighted by Gasteiger charge is 2.27. The van der Waals surface area contributed by atoms with Crippen LogP contribution in [0, 0.1) is 4.91 Å². The number of nitroso groups, excluding NO2 is 1. The molecule has 0 atom stereocenters. The molecule has 43 heavy (non-hydrogen) atoms. The molecular formula is C28H33N7O6S2. The summed E-state index contributed by atoms with van der Waals surface area (Å²) in [4.78, 5) is 40.7. The van der Waals surface area contributed by atoms with Crippen molar-refractivity contribution in [3.8, 4) is 0 Å². The van der Waals surface area contributed by atoms with Gasteiger partial charge in [0.05, 0.1) is 10.6 Å². The number of rotatable bonds is 10. The van der Waals surface area contributed by atoms with Gasteiger partial charge in [-0.3, -0.25) is 4.79 Å². The Morgan fingerprint density at radius 1 is 1.00 bits per heavy atom. The Kier molecular flexibility index (Phi) is 10.2. The Morgan fingerprint density at radius 2 is 1.72 bits per heavy atom. The number of anilines is 2. The minimum absolute atomic E-state index is 0.101. The predicted octanol–water partition coefficient (Wildman–Crippen LogP) is 4.25. The second-order valence-corrected chi connectivity index (χ2v) is 13.4. The average Bonchev–Trinajstić information content (AvgIpc) is 2.99. The number of hydrogen-bond donors (Lipinski definition) is 2. The van der Waals surface area contributed by atoms with E-state index in [1.807, 2.05) is 60.7 Å². The summed E-state index contributed by atoms with van der Waals surface area (Å²) in [6, 6.07) is 16.6. The number of nitrogens with one attached hydrogen (secondary N) is 2. The summed E-state index contributed by atoms with van der Waals surface area (Å²) in [7, 11) is -4.33. The van der Waals surface area contributed by atoms with Crippen molar-refractivity contribution in [2.24, 2.45) is 5.18 Å². The van der Waals surface area contributed by atoms with E-state index in [0.717, 1.165) is 11.0 Å². The monoisotopic (exact) mass is 627 g/mol. The van der Waals surface area contributed by atoms with Gasteiger partial charge in [0.1, 0.15) is 11.3 Å². The number of aromatic nitrogens is 2. The molecule has 3 aromatic rings. The van der Waals surface area contributed by atoms with E-state index in [-0.39, 0.29) is 22.4 Å². The summed E-state index contributed by atoms with van der Waals surface area (Å²) in [6.45, 7) is 7.76. The third-order valence-electron chi connectivity index (χ3n) is 6.17. The van der Waals surface area contributed by atoms with E-state index in [0.29, 0.717) is 50.0 Å². The second-order valence-electron chi connectivity index (χ2n) is 10.5. The van der Waals surface area contributed by atoms with Gasteiger partial charge in [-0.05, 0) is 68.4 Å². The maximum atomic E-state index is 12.9. The molecule has 2 N–H and O–H groups in total. The van der Waals surface area contributed by atoms with Crippen LogP contribution < -0.4 is 14.9 Å². The zero-order valence-corrected chi connectivity index (χ0v) is 25.7. The highest BCUT2D eigenvalue weighted by molar-refractivity contribution is 7.99. The quantitative estimate of drug-likeness (QED) is 0.188. The number of carbonyl (C=O) groups is 2. The maximum absolute atomic E-state index is 12.9. The van der Waals surface area contributed by atoms with Gasteiger partial charge in [0.2, 0.25) is 0 Å². The van der Waals surface area contributed by atoms with Crippen LogP contribution in [0.3, 0.4) is 0 Å². The van der Waals surface area contributed by atoms with Crippen LogP contribution in [-0.2, 0) is 14.8 Å². The summed E-state index contributed by atoms with van der Waals surface area (Å²) < 4.78 is 33.2. The maximum Gasteiger partial charge on any atom is 0.410 e. The highest BCUT2D eigenvalue weighted by atomic mass is 32.2. The molecule has 2 aromatic carbocycles. The van der Waals surface area contributed by atoms with Crippen molar-refractivity contribution < 1.29 is 22.7 Å². The molecular weight excluding hydrogens is 594 g/mol. The van der Waals surface area contributed by atoms with Gasteiger partial charge in [-0.2, -0.15) is 0 Å². The molecule has 0 bridgehead atoms. The molecule has 0 unspecified atom stereocenters. The van der Waals surface area contributed by atoms with E-state index in [9.17, 15) is 22.9 Å². The molecule has 0 saturated carbocycles. The highest BCUT2D eigenvalue weighted by Crippen LogP contribution is 2.28. The molecule has 13 nitrogen and oxygen atoms in total. The number of piperazine rings is 1. The van der Waals surface area contributed by atoms with Gasteiger partial charge in [0.15, 0.2) is 11.5 Å². The number of ether oxygens (including phenoxy) is 1. The van der Waals surface area contributed by atoms with Crippen LogP contribution in [0.15, 0.2) is 75.6 Å². The van der Waals surface area contributed by atoms with Crippen LogP contribution in [-0.4, -0.2) is 79.6 Å². The van der Waals surface area contributed by atoms with Crippen molar-refractivity contribution >= 4 is 51.0 Å². The van der Waals surface area contributed by atoms with Crippen LogP contribution in [0.1, 0.15) is 31.3 Å². The third-order valence-corrected chi connectivity index (χ3v) is 8.52. The molecule has 228 valence electrons. The molecule has 1 fully saturated rings. The molecule has 2 amide bonds. The van der Waals surface area contributed by atoms with Gasteiger partial charge in [-0.1, -0.05) is 18.2 Å². The van der Waals surface area contributed by atoms with E-state index >= 15 is 0 Å². The summed E-state index contributed by atoms with van der Waals surface area (Å²) in [5, 5.41) is 14.0. The van der Waals surface area contributed by atoms with Crippen molar-refractivity contribution in [1.82, 2.24) is 19.8 Å². The van der Waals surface area contributed by atoms with Crippen LogP contribution in [0.4, 0.5) is 22.0 Å². The number of nitrogens with zero attached hydrogens (tertiary/aromatic N) is 5. The lowest BCUT2D eigenvalue weighted by molar-refractivity contribution is 0.0240. The van der Waals surface area contributed by atoms with Crippen molar-refractivity contribution in [3.05, 3.63) is 71.3 Å². The zero-order chi connectivity index (χ0) is 31.0. The number of benzene rings is 2. The van der Waals surface area contributed by atoms with E-state index in [1.165, 1.54) is 18.2 Å². The number of hydrogen-bond acceptors (Lipinski definition) is 12. The summed E-state index contributed by atoms with van der Waals surface area (Å²) in [5.41, 5.74) is -0.513. The van der Waals surface area contributed by atoms with Crippen LogP contribution in [0.25, 0.3) is 0 Å². The van der Waals surface area contributed by atoms with E-state index < -0.39 is 21.5 Å². The largest absolute Gasteiger partial charge is 0.444 e. The first kappa shape index (κ1) is 31.7. The molecule has 0 radical (unpaired) electrons. The van der Waals surface area contributed by atoms with Crippen molar-refractivity contribution in [1.29, 1.82) is 0 Å². The standard InChI is InChI=1S/C28H33N7O6S2/c1-28(2,3)41-27(37)35-16-14-34(15-17-35)25-12-11-23(30-31-25)26(36)33-43(39,40)21-9-10-22(24(19-21)32-38)29-13-18-42-20-7-5-4-6-8-20/h4-12,19,29H,13-18H2,1-3H3,(H,33,36). The topological polar surface area (TPSA) is 163 Å². The van der Waals surface area contributed by atoms with E-state index in [2.05, 4.69) is 20.7 Å². The fourth-order valence-corrected chi connectivity index (χ4v) is 5.84. The molecule has 15 heteroatoms. The zero-order valence-electron chi connectivity index (χ0n) is 24.0. The number of sulfonamides is 1. The Labute approximate surface area is 254 Å². The minimum atomic E-state index is -4.33. The fourth-order valence-electron chi connectivity index (χ4n) is 4.07. The summed E-state index contributed by atoms with van der Waals surface area (Å²) in [6.07, 6.45) is -0.383. The first-order valence-corrected chi connectivity index (χ1v) is 15.9. The first-order chi connectivity index (χ1) is 20.4. The Hall–Kier alpha value is -4.24. The number of thioether (sulfide) groups is 1. The first-order valence-electron chi connectivity index (χ1n) is 13.5. The number of amides is 2. The van der Waals surface area contributed by atoms with Crippen LogP contribution >= 0.6 is 11.8 Å². The SMILES string of the molecule is CC(C)(C)OC(=O)N1CCN(c2ccc(C(=O)NS(=O)(=O)c3ccc(NCCSc4ccccc4)c(N=O)c3)nn2)CC1. The molecule has 2 heterocycles. The Bertz CT molecular complexity index is 1540. The lowest BCUT2D eigenvalue weighted by Crippen LogP contribution is -2.50. The third kappa shape index (κ3) is 8.88. The lowest BCUT2D eigenvalue weighted by atomic mass is 10.2. The van der Waals surface area contributed by atoms with Gasteiger partial charge in [-0.15, -0.1) is 26.9 Å². The van der Waals surface area contributed by atoms with Gasteiger partial charge in [0.25, 0.3) is 15.9 Å². The minimum Gasteiger partial charge on any atom is -0.444 e. The molecule has 1 saturated heterocycles. The van der Waals surface area contributed by atoms with Crippen LogP contribution in [0.2, 0.25) is 0 Å². The van der Waals surface area contributed by atoms with Gasteiger partial charge in [-0.25, -0.2) is 17.9 Å². The summed E-state index contributed by atoms with van der Waals surface area (Å²) in [5.74, 6) is 0.213. The molecule has 1 aliphatic heterocycles. The van der Waals surface area contributed by atoms with Gasteiger partial charge >= 0.3 is 6.09 Å². The van der Waals surface area contributed by atoms with Gasteiger partial charge < -0.3 is 19.9 Å².